The quantitative estimate of drug-likeness (QED) is 0.214. The molecule has 2 aliphatic heterocycles. The molecule has 0 saturated carbocycles. The van der Waals surface area contributed by atoms with Gasteiger partial charge in [0.1, 0.15) is 21.3 Å². The number of hydrogen-bond donors (Lipinski definition) is 0. The predicted molar refractivity (Wildman–Crippen MR) is 159 cm³/mol. The molecule has 1 saturated heterocycles. The fraction of sp³-hybridized carbons (Fsp3) is 0.387. The van der Waals surface area contributed by atoms with E-state index in [1.54, 1.807) is 12.1 Å². The Labute approximate surface area is 247 Å². The Hall–Kier alpha value is -3.11. The zero-order valence-corrected chi connectivity index (χ0v) is 24.7. The number of aryl methyl sites for hydroxylation is 3. The maximum absolute atomic E-state index is 14.2. The molecule has 0 amide bonds. The zero-order valence-electron chi connectivity index (χ0n) is 23.2. The van der Waals surface area contributed by atoms with Crippen LogP contribution in [0.25, 0.3) is 15.9 Å². The molecule has 6 rings (SSSR count). The molecular weight excluding hydrogens is 563 g/mol. The summed E-state index contributed by atoms with van der Waals surface area (Å²) in [4.78, 5) is 26.0. The van der Waals surface area contributed by atoms with Crippen molar-refractivity contribution in [1.82, 2.24) is 19.4 Å². The molecule has 1 atom stereocenters. The maximum Gasteiger partial charge on any atom is 0.348 e. The minimum absolute atomic E-state index is 0.175. The number of thiophene rings is 1. The van der Waals surface area contributed by atoms with Crippen molar-refractivity contribution in [3.63, 3.8) is 0 Å². The minimum Gasteiger partial charge on any atom is -0.465 e. The smallest absolute Gasteiger partial charge is 0.348 e. The van der Waals surface area contributed by atoms with Gasteiger partial charge in [0, 0.05) is 36.0 Å². The van der Waals surface area contributed by atoms with Gasteiger partial charge in [0.15, 0.2) is 0 Å². The van der Waals surface area contributed by atoms with Gasteiger partial charge in [-0.25, -0.2) is 14.2 Å². The van der Waals surface area contributed by atoms with Gasteiger partial charge in [0.25, 0.3) is 0 Å². The largest absolute Gasteiger partial charge is 0.465 e. The number of imidazole rings is 1. The summed E-state index contributed by atoms with van der Waals surface area (Å²) in [5.41, 5.74) is 5.73. The Morgan fingerprint density at radius 2 is 2.10 bits per heavy atom. The second-order valence-electron chi connectivity index (χ2n) is 10.6. The molecule has 3 aromatic heterocycles. The van der Waals surface area contributed by atoms with Crippen LogP contribution in [0.5, 0.6) is 0 Å². The summed E-state index contributed by atoms with van der Waals surface area (Å²) in [5.74, 6) is 0.401. The van der Waals surface area contributed by atoms with E-state index in [2.05, 4.69) is 21.6 Å². The molecule has 1 fully saturated rings. The van der Waals surface area contributed by atoms with Gasteiger partial charge in [-0.05, 0) is 68.0 Å². The first kappa shape index (κ1) is 28.0. The second-order valence-corrected chi connectivity index (χ2v) is 12.0. The van der Waals surface area contributed by atoms with E-state index in [4.69, 9.17) is 31.0 Å². The molecule has 0 N–H and O–H groups in total. The SMILES string of the molecule is COC(=O)c1sc2nc(CN3CC=C(c4cccc(CCc5ccc(Cl)cc5F)n4)CC3)n(C[C@@H]3CCO3)c2c1C. The van der Waals surface area contributed by atoms with Crippen LogP contribution in [0.3, 0.4) is 0 Å². The number of benzene rings is 1. The summed E-state index contributed by atoms with van der Waals surface area (Å²) >= 11 is 7.28. The predicted octanol–water partition coefficient (Wildman–Crippen LogP) is 6.24. The maximum atomic E-state index is 14.2. The molecule has 5 heterocycles. The summed E-state index contributed by atoms with van der Waals surface area (Å²) in [6.07, 6.45) is 5.57. The van der Waals surface area contributed by atoms with Gasteiger partial charge in [-0.1, -0.05) is 29.8 Å². The summed E-state index contributed by atoms with van der Waals surface area (Å²) in [7, 11) is 1.41. The van der Waals surface area contributed by atoms with Gasteiger partial charge in [-0.2, -0.15) is 0 Å². The fourth-order valence-electron chi connectivity index (χ4n) is 5.50. The first-order valence-electron chi connectivity index (χ1n) is 13.9. The van der Waals surface area contributed by atoms with Crippen molar-refractivity contribution >= 4 is 44.8 Å². The van der Waals surface area contributed by atoms with Crippen molar-refractivity contribution in [2.75, 3.05) is 26.8 Å². The van der Waals surface area contributed by atoms with Crippen LogP contribution in [0.2, 0.25) is 5.02 Å². The van der Waals surface area contributed by atoms with E-state index >= 15 is 0 Å². The summed E-state index contributed by atoms with van der Waals surface area (Å²) < 4.78 is 27.2. The van der Waals surface area contributed by atoms with Crippen molar-refractivity contribution in [3.8, 4) is 0 Å². The molecule has 10 heteroatoms. The zero-order chi connectivity index (χ0) is 28.5. The van der Waals surface area contributed by atoms with Crippen LogP contribution < -0.4 is 0 Å². The molecule has 41 heavy (non-hydrogen) atoms. The Kier molecular flexibility index (Phi) is 8.21. The standard InChI is InChI=1S/C31H32ClFN4O3S/c1-19-28-30(41-29(19)31(38)39-2)35-27(37(28)17-24-12-15-40-24)18-36-13-10-21(11-14-36)26-5-3-4-23(34-26)9-7-20-6-8-22(32)16-25(20)33/h3-6,8,10,16,24H,7,9,11-15,17-18H2,1-2H3/t24-/m0/s1. The number of esters is 1. The Morgan fingerprint density at radius 3 is 2.80 bits per heavy atom. The van der Waals surface area contributed by atoms with Crippen molar-refractivity contribution in [3.05, 3.63) is 86.5 Å². The third-order valence-corrected chi connectivity index (χ3v) is 9.31. The first-order valence-corrected chi connectivity index (χ1v) is 15.1. The van der Waals surface area contributed by atoms with Gasteiger partial charge in [-0.3, -0.25) is 9.88 Å². The Morgan fingerprint density at radius 1 is 1.24 bits per heavy atom. The minimum atomic E-state index is -0.318. The van der Waals surface area contributed by atoms with E-state index in [1.807, 2.05) is 19.1 Å². The van der Waals surface area contributed by atoms with Crippen molar-refractivity contribution < 1.29 is 18.7 Å². The number of hydrogen-bond acceptors (Lipinski definition) is 7. The highest BCUT2D eigenvalue weighted by atomic mass is 35.5. The van der Waals surface area contributed by atoms with Crippen molar-refractivity contribution in [2.24, 2.45) is 0 Å². The van der Waals surface area contributed by atoms with Crippen LogP contribution in [-0.4, -0.2) is 58.3 Å². The van der Waals surface area contributed by atoms with E-state index in [9.17, 15) is 9.18 Å². The van der Waals surface area contributed by atoms with Gasteiger partial charge in [0.2, 0.25) is 0 Å². The molecule has 1 aromatic carbocycles. The number of carbonyl (C=O) groups excluding carboxylic acids is 1. The fourth-order valence-corrected chi connectivity index (χ4v) is 6.78. The molecule has 4 aromatic rings. The Bertz CT molecular complexity index is 1630. The van der Waals surface area contributed by atoms with E-state index in [-0.39, 0.29) is 17.9 Å². The molecule has 0 aliphatic carbocycles. The molecule has 214 valence electrons. The number of nitrogens with zero attached hydrogens (tertiary/aromatic N) is 4. The molecule has 2 aliphatic rings. The van der Waals surface area contributed by atoms with E-state index in [1.165, 1.54) is 30.1 Å². The number of fused-ring (bicyclic) bond motifs is 1. The number of pyridine rings is 1. The topological polar surface area (TPSA) is 69.5 Å². The lowest BCUT2D eigenvalue weighted by Crippen LogP contribution is -2.33. The van der Waals surface area contributed by atoms with E-state index in [0.29, 0.717) is 34.8 Å². The Balaban J connectivity index is 1.15. The van der Waals surface area contributed by atoms with Crippen molar-refractivity contribution in [2.45, 2.75) is 51.8 Å². The average Bonchev–Trinajstić information content (AvgIpc) is 3.45. The number of aromatic nitrogens is 3. The monoisotopic (exact) mass is 594 g/mol. The molecule has 0 spiro atoms. The van der Waals surface area contributed by atoms with Crippen LogP contribution in [0.15, 0.2) is 42.5 Å². The van der Waals surface area contributed by atoms with Crippen LogP contribution in [0.4, 0.5) is 4.39 Å². The number of ether oxygens (including phenoxy) is 2. The highest BCUT2D eigenvalue weighted by Crippen LogP contribution is 2.34. The van der Waals surface area contributed by atoms with Crippen LogP contribution in [0, 0.1) is 12.7 Å². The van der Waals surface area contributed by atoms with Crippen molar-refractivity contribution in [1.29, 1.82) is 0 Å². The second kappa shape index (κ2) is 12.0. The normalized spacial score (nSPS) is 17.5. The van der Waals surface area contributed by atoms with Gasteiger partial charge >= 0.3 is 5.97 Å². The van der Waals surface area contributed by atoms with Crippen LogP contribution >= 0.6 is 22.9 Å². The highest BCUT2D eigenvalue weighted by Gasteiger charge is 2.27. The number of carbonyl (C=O) groups is 1. The molecule has 0 bridgehead atoms. The van der Waals surface area contributed by atoms with E-state index in [0.717, 1.165) is 72.2 Å². The number of rotatable bonds is 9. The summed E-state index contributed by atoms with van der Waals surface area (Å²) in [6, 6.07) is 10.9. The van der Waals surface area contributed by atoms with Crippen LogP contribution in [0.1, 0.15) is 50.9 Å². The molecule has 0 radical (unpaired) electrons. The van der Waals surface area contributed by atoms with Gasteiger partial charge < -0.3 is 14.0 Å². The molecule has 7 nitrogen and oxygen atoms in total. The third kappa shape index (κ3) is 5.95. The average molecular weight is 595 g/mol. The summed E-state index contributed by atoms with van der Waals surface area (Å²) in [6.45, 7) is 5.89. The number of methoxy groups -OCH3 is 1. The lowest BCUT2D eigenvalue weighted by Gasteiger charge is -2.29. The van der Waals surface area contributed by atoms with Gasteiger partial charge in [-0.15, -0.1) is 11.3 Å². The lowest BCUT2D eigenvalue weighted by atomic mass is 10.0. The van der Waals surface area contributed by atoms with E-state index < -0.39 is 0 Å². The molecular formula is C31H32ClFN4O3S. The number of halogens is 2. The van der Waals surface area contributed by atoms with Crippen LogP contribution in [-0.2, 0) is 35.4 Å². The first-order chi connectivity index (χ1) is 19.9. The van der Waals surface area contributed by atoms with Gasteiger partial charge in [0.05, 0.1) is 37.5 Å². The molecule has 0 unspecified atom stereocenters. The third-order valence-electron chi connectivity index (χ3n) is 7.92. The highest BCUT2D eigenvalue weighted by molar-refractivity contribution is 7.20. The lowest BCUT2D eigenvalue weighted by molar-refractivity contribution is -0.0592. The summed E-state index contributed by atoms with van der Waals surface area (Å²) in [5, 5.41) is 0.406.